The summed E-state index contributed by atoms with van der Waals surface area (Å²) in [4.78, 5) is 19.0. The van der Waals surface area contributed by atoms with Crippen molar-refractivity contribution in [3.05, 3.63) is 12.4 Å². The second-order valence-electron chi connectivity index (χ2n) is 5.10. The molecule has 0 bridgehead atoms. The predicted molar refractivity (Wildman–Crippen MR) is 82.1 cm³/mol. The van der Waals surface area contributed by atoms with Crippen molar-refractivity contribution in [3.8, 4) is 0 Å². The molecule has 6 heteroatoms. The van der Waals surface area contributed by atoms with Crippen molar-refractivity contribution >= 4 is 23.5 Å². The molecule has 1 rings (SSSR count). The molecular weight excluding hydrogens is 274 g/mol. The van der Waals surface area contributed by atoms with Crippen LogP contribution in [0, 0.1) is 11.8 Å². The number of rotatable bonds is 9. The fourth-order valence-electron chi connectivity index (χ4n) is 2.05. The van der Waals surface area contributed by atoms with Gasteiger partial charge in [0, 0.05) is 19.0 Å². The lowest BCUT2D eigenvalue weighted by atomic mass is 9.88. The minimum atomic E-state index is -0.718. The van der Waals surface area contributed by atoms with Crippen LogP contribution in [0.15, 0.2) is 17.4 Å². The van der Waals surface area contributed by atoms with E-state index in [1.165, 1.54) is 0 Å². The number of aliphatic carboxylic acids is 1. The summed E-state index contributed by atoms with van der Waals surface area (Å²) in [6, 6.07) is 1.92. The summed E-state index contributed by atoms with van der Waals surface area (Å²) in [7, 11) is 0. The van der Waals surface area contributed by atoms with E-state index in [1.54, 1.807) is 18.1 Å². The molecule has 0 saturated heterocycles. The first kappa shape index (κ1) is 16.8. The largest absolute Gasteiger partial charge is 0.481 e. The van der Waals surface area contributed by atoms with E-state index in [1.807, 2.05) is 12.3 Å². The van der Waals surface area contributed by atoms with Gasteiger partial charge in [-0.15, -0.1) is 11.8 Å². The van der Waals surface area contributed by atoms with Crippen molar-refractivity contribution in [3.63, 3.8) is 0 Å². The van der Waals surface area contributed by atoms with E-state index in [0.29, 0.717) is 11.8 Å². The topological polar surface area (TPSA) is 75.1 Å². The van der Waals surface area contributed by atoms with Crippen LogP contribution in [0.25, 0.3) is 0 Å². The number of thioether (sulfide) groups is 1. The molecule has 112 valence electrons. The normalized spacial score (nSPS) is 12.4. The monoisotopic (exact) mass is 297 g/mol. The van der Waals surface area contributed by atoms with Gasteiger partial charge < -0.3 is 10.4 Å². The first-order valence-electron chi connectivity index (χ1n) is 6.84. The molecule has 1 atom stereocenters. The molecule has 1 aromatic heterocycles. The molecule has 2 N–H and O–H groups in total. The summed E-state index contributed by atoms with van der Waals surface area (Å²) in [5.41, 5.74) is 0. The molecule has 1 heterocycles. The molecule has 0 spiro atoms. The highest BCUT2D eigenvalue weighted by Crippen LogP contribution is 2.21. The van der Waals surface area contributed by atoms with E-state index in [9.17, 15) is 4.79 Å². The number of carboxylic acid groups (broad SMARTS) is 1. The minimum absolute atomic E-state index is 0.243. The van der Waals surface area contributed by atoms with E-state index in [2.05, 4.69) is 29.1 Å². The van der Waals surface area contributed by atoms with Gasteiger partial charge >= 0.3 is 5.97 Å². The molecule has 0 saturated carbocycles. The van der Waals surface area contributed by atoms with Gasteiger partial charge in [-0.05, 0) is 30.9 Å². The minimum Gasteiger partial charge on any atom is -0.481 e. The zero-order valence-electron chi connectivity index (χ0n) is 12.3. The molecular formula is C14H23N3O2S. The van der Waals surface area contributed by atoms with E-state index < -0.39 is 5.97 Å². The molecule has 0 aliphatic heterocycles. The number of carbonyl (C=O) groups is 1. The molecule has 0 fully saturated rings. The highest BCUT2D eigenvalue weighted by atomic mass is 32.2. The number of carboxylic acids is 1. The Balaban J connectivity index is 2.41. The third-order valence-electron chi connectivity index (χ3n) is 3.34. The summed E-state index contributed by atoms with van der Waals surface area (Å²) in [5, 5.41) is 13.0. The van der Waals surface area contributed by atoms with Gasteiger partial charge in [-0.2, -0.15) is 0 Å². The standard InChI is InChI=1S/C14H23N3O2S/c1-10(2)11(4-5-14(18)19)6-7-15-12-8-13(20-3)17-9-16-12/h8-11H,4-7H2,1-3H3,(H,18,19)(H,15,16,17). The molecule has 0 radical (unpaired) electrons. The van der Waals surface area contributed by atoms with Crippen LogP contribution in [0.5, 0.6) is 0 Å². The van der Waals surface area contributed by atoms with Gasteiger partial charge in [0.15, 0.2) is 0 Å². The Labute approximate surface area is 124 Å². The first-order valence-corrected chi connectivity index (χ1v) is 8.07. The zero-order chi connectivity index (χ0) is 15.0. The van der Waals surface area contributed by atoms with Gasteiger partial charge in [0.2, 0.25) is 0 Å². The smallest absolute Gasteiger partial charge is 0.303 e. The highest BCUT2D eigenvalue weighted by molar-refractivity contribution is 7.98. The maximum Gasteiger partial charge on any atom is 0.303 e. The lowest BCUT2D eigenvalue weighted by Crippen LogP contribution is -2.16. The molecule has 5 nitrogen and oxygen atoms in total. The number of hydrogen-bond acceptors (Lipinski definition) is 5. The van der Waals surface area contributed by atoms with Gasteiger partial charge in [-0.25, -0.2) is 9.97 Å². The number of aromatic nitrogens is 2. The molecule has 1 unspecified atom stereocenters. The summed E-state index contributed by atoms with van der Waals surface area (Å²) < 4.78 is 0. The van der Waals surface area contributed by atoms with Crippen LogP contribution in [0.2, 0.25) is 0 Å². The van der Waals surface area contributed by atoms with Crippen molar-refractivity contribution in [2.24, 2.45) is 11.8 Å². The Morgan fingerprint density at radius 2 is 2.15 bits per heavy atom. The van der Waals surface area contributed by atoms with Crippen molar-refractivity contribution in [1.29, 1.82) is 0 Å². The summed E-state index contributed by atoms with van der Waals surface area (Å²) in [6.45, 7) is 5.08. The van der Waals surface area contributed by atoms with Crippen LogP contribution < -0.4 is 5.32 Å². The van der Waals surface area contributed by atoms with Crippen LogP contribution in [0.1, 0.15) is 33.1 Å². The van der Waals surface area contributed by atoms with Gasteiger partial charge in [-0.1, -0.05) is 13.8 Å². The first-order chi connectivity index (χ1) is 9.52. The number of nitrogens with one attached hydrogen (secondary N) is 1. The average Bonchev–Trinajstić information content (AvgIpc) is 2.42. The van der Waals surface area contributed by atoms with Gasteiger partial charge in [0.1, 0.15) is 17.2 Å². The van der Waals surface area contributed by atoms with Crippen LogP contribution in [-0.4, -0.2) is 33.8 Å². The van der Waals surface area contributed by atoms with Gasteiger partial charge in [-0.3, -0.25) is 4.79 Å². The van der Waals surface area contributed by atoms with E-state index >= 15 is 0 Å². The number of hydrogen-bond donors (Lipinski definition) is 2. The third-order valence-corrected chi connectivity index (χ3v) is 3.99. The second-order valence-corrected chi connectivity index (χ2v) is 5.92. The van der Waals surface area contributed by atoms with Crippen LogP contribution in [0.4, 0.5) is 5.82 Å². The number of nitrogens with zero attached hydrogens (tertiary/aromatic N) is 2. The maximum absolute atomic E-state index is 10.7. The van der Waals surface area contributed by atoms with E-state index in [4.69, 9.17) is 5.11 Å². The Kier molecular flexibility index (Phi) is 7.36. The van der Waals surface area contributed by atoms with Gasteiger partial charge in [0.05, 0.1) is 0 Å². The highest BCUT2D eigenvalue weighted by Gasteiger charge is 2.14. The number of anilines is 1. The Hall–Kier alpha value is -1.30. The fourth-order valence-corrected chi connectivity index (χ4v) is 2.44. The third kappa shape index (κ3) is 6.23. The van der Waals surface area contributed by atoms with Crippen LogP contribution in [-0.2, 0) is 4.79 Å². The SMILES string of the molecule is CSc1cc(NCCC(CCC(=O)O)C(C)C)ncn1. The van der Waals surface area contributed by atoms with Crippen molar-refractivity contribution in [2.75, 3.05) is 18.1 Å². The molecule has 0 aliphatic carbocycles. The average molecular weight is 297 g/mol. The fraction of sp³-hybridized carbons (Fsp3) is 0.643. The summed E-state index contributed by atoms with van der Waals surface area (Å²) in [6.07, 6.45) is 5.45. The quantitative estimate of drug-likeness (QED) is 0.539. The molecule has 1 aromatic rings. The van der Waals surface area contributed by atoms with Crippen molar-refractivity contribution in [1.82, 2.24) is 9.97 Å². The summed E-state index contributed by atoms with van der Waals surface area (Å²) in [5.74, 6) is 1.01. The Bertz CT molecular complexity index is 427. The Morgan fingerprint density at radius 3 is 2.75 bits per heavy atom. The van der Waals surface area contributed by atoms with Gasteiger partial charge in [0.25, 0.3) is 0 Å². The van der Waals surface area contributed by atoms with E-state index in [-0.39, 0.29) is 6.42 Å². The second kappa shape index (κ2) is 8.79. The maximum atomic E-state index is 10.7. The zero-order valence-corrected chi connectivity index (χ0v) is 13.1. The van der Waals surface area contributed by atoms with Crippen LogP contribution in [0.3, 0.4) is 0 Å². The van der Waals surface area contributed by atoms with Crippen LogP contribution >= 0.6 is 11.8 Å². The molecule has 0 aliphatic rings. The van der Waals surface area contributed by atoms with E-state index in [0.717, 1.165) is 30.2 Å². The lowest BCUT2D eigenvalue weighted by Gasteiger charge is -2.20. The predicted octanol–water partition coefficient (Wildman–Crippen LogP) is 3.14. The molecule has 0 amide bonds. The van der Waals surface area contributed by atoms with Crippen molar-refractivity contribution in [2.45, 2.75) is 38.1 Å². The molecule has 0 aromatic carbocycles. The Morgan fingerprint density at radius 1 is 1.40 bits per heavy atom. The van der Waals surface area contributed by atoms with Crippen molar-refractivity contribution < 1.29 is 9.90 Å². The summed E-state index contributed by atoms with van der Waals surface area (Å²) >= 11 is 1.58. The lowest BCUT2D eigenvalue weighted by molar-refractivity contribution is -0.137. The molecule has 20 heavy (non-hydrogen) atoms.